The number of unbranched alkanes of at least 4 members (excludes halogenated alkanes) is 2. The van der Waals surface area contributed by atoms with Crippen molar-refractivity contribution >= 4 is 22.6 Å². The average Bonchev–Trinajstić information content (AvgIpc) is 3.80. The Labute approximate surface area is 247 Å². The predicted molar refractivity (Wildman–Crippen MR) is 157 cm³/mol. The molecular weight excluding hydrogens is 550 g/mol. The number of pyridine rings is 1. The van der Waals surface area contributed by atoms with Crippen molar-refractivity contribution in [2.24, 2.45) is 0 Å². The van der Waals surface area contributed by atoms with Crippen LogP contribution < -0.4 is 14.8 Å². The largest absolute Gasteiger partial charge is 0.496 e. The summed E-state index contributed by atoms with van der Waals surface area (Å²) in [5, 5.41) is 8.53. The Morgan fingerprint density at radius 3 is 2.88 bits per heavy atom. The molecule has 0 unspecified atom stereocenters. The fraction of sp³-hybridized carbons (Fsp3) is 0.355. The molecule has 1 aliphatic rings. The number of imidazole rings is 1. The van der Waals surface area contributed by atoms with Crippen LogP contribution in [-0.2, 0) is 6.54 Å². The van der Waals surface area contributed by atoms with Crippen molar-refractivity contribution in [1.29, 1.82) is 0 Å². The van der Waals surface area contributed by atoms with Crippen LogP contribution in [-0.4, -0.2) is 55.1 Å². The molecule has 5 aromatic rings. The van der Waals surface area contributed by atoms with Crippen molar-refractivity contribution in [3.05, 3.63) is 72.1 Å². The third-order valence-electron chi connectivity index (χ3n) is 7.48. The first-order valence-electron chi connectivity index (χ1n) is 14.4. The summed E-state index contributed by atoms with van der Waals surface area (Å²) in [6, 6.07) is 9.19. The van der Waals surface area contributed by atoms with Gasteiger partial charge in [-0.2, -0.15) is 5.10 Å². The van der Waals surface area contributed by atoms with Crippen LogP contribution in [0.3, 0.4) is 0 Å². The van der Waals surface area contributed by atoms with Crippen LogP contribution in [0.5, 0.6) is 11.6 Å². The number of hydrogen-bond donors (Lipinski definition) is 2. The number of hydrogen-bond acceptors (Lipinski definition) is 9. The van der Waals surface area contributed by atoms with Gasteiger partial charge in [-0.1, -0.05) is 18.9 Å². The molecule has 1 amide bonds. The minimum Gasteiger partial charge on any atom is -0.496 e. The van der Waals surface area contributed by atoms with E-state index < -0.39 is 6.04 Å². The van der Waals surface area contributed by atoms with Crippen molar-refractivity contribution < 1.29 is 23.5 Å². The quantitative estimate of drug-likeness (QED) is 0.149. The second-order valence-electron chi connectivity index (χ2n) is 10.6. The number of rotatable bonds is 12. The number of methoxy groups -OCH3 is 1. The van der Waals surface area contributed by atoms with Crippen LogP contribution >= 0.6 is 0 Å². The zero-order chi connectivity index (χ0) is 29.8. The predicted octanol–water partition coefficient (Wildman–Crippen LogP) is 5.21. The van der Waals surface area contributed by atoms with E-state index in [0.717, 1.165) is 47.1 Å². The fourth-order valence-electron chi connectivity index (χ4n) is 5.25. The fourth-order valence-corrected chi connectivity index (χ4v) is 5.25. The SMILES string of the molecule is COc1cc2nc(C)ccc2cc1-c1cnc([C@H](CCCCCC(=O)c2ncco2)NC(=O)c2cc3n(n2)CCCO3)[nH]1. The Kier molecular flexibility index (Phi) is 8.16. The normalized spacial score (nSPS) is 13.3. The molecule has 12 heteroatoms. The molecule has 43 heavy (non-hydrogen) atoms. The molecule has 0 fully saturated rings. The lowest BCUT2D eigenvalue weighted by Crippen LogP contribution is -2.30. The van der Waals surface area contributed by atoms with E-state index >= 15 is 0 Å². The maximum atomic E-state index is 13.3. The lowest BCUT2D eigenvalue weighted by Gasteiger charge is -2.16. The van der Waals surface area contributed by atoms with Crippen molar-refractivity contribution in [3.63, 3.8) is 0 Å². The van der Waals surface area contributed by atoms with Gasteiger partial charge in [0.05, 0.1) is 43.4 Å². The molecule has 0 radical (unpaired) electrons. The van der Waals surface area contributed by atoms with Gasteiger partial charge in [-0.15, -0.1) is 0 Å². The summed E-state index contributed by atoms with van der Waals surface area (Å²) in [4.78, 5) is 42.2. The molecule has 4 aromatic heterocycles. The monoisotopic (exact) mass is 583 g/mol. The highest BCUT2D eigenvalue weighted by Gasteiger charge is 2.24. The minimum absolute atomic E-state index is 0.119. The number of ketones is 1. The van der Waals surface area contributed by atoms with E-state index in [1.165, 1.54) is 12.5 Å². The molecule has 1 aliphatic heterocycles. The second kappa shape index (κ2) is 12.5. The van der Waals surface area contributed by atoms with Crippen molar-refractivity contribution in [1.82, 2.24) is 35.0 Å². The van der Waals surface area contributed by atoms with Gasteiger partial charge in [0, 0.05) is 48.2 Å². The Morgan fingerprint density at radius 1 is 1.16 bits per heavy atom. The molecule has 222 valence electrons. The van der Waals surface area contributed by atoms with Gasteiger partial charge in [-0.3, -0.25) is 14.6 Å². The maximum Gasteiger partial charge on any atom is 0.272 e. The van der Waals surface area contributed by atoms with Gasteiger partial charge in [0.1, 0.15) is 17.8 Å². The summed E-state index contributed by atoms with van der Waals surface area (Å²) < 4.78 is 18.2. The van der Waals surface area contributed by atoms with Crippen LogP contribution in [0.4, 0.5) is 0 Å². The smallest absolute Gasteiger partial charge is 0.272 e. The van der Waals surface area contributed by atoms with E-state index in [1.54, 1.807) is 24.1 Å². The number of aromatic amines is 1. The van der Waals surface area contributed by atoms with Gasteiger partial charge < -0.3 is 24.2 Å². The molecule has 0 aliphatic carbocycles. The number of nitrogens with one attached hydrogen (secondary N) is 2. The first-order chi connectivity index (χ1) is 21.0. The summed E-state index contributed by atoms with van der Waals surface area (Å²) in [7, 11) is 1.63. The number of amides is 1. The Balaban J connectivity index is 1.20. The Bertz CT molecular complexity index is 1720. The maximum absolute atomic E-state index is 13.3. The first-order valence-corrected chi connectivity index (χ1v) is 14.4. The highest BCUT2D eigenvalue weighted by Crippen LogP contribution is 2.34. The van der Waals surface area contributed by atoms with E-state index in [9.17, 15) is 9.59 Å². The molecule has 6 rings (SSSR count). The second-order valence-corrected chi connectivity index (χ2v) is 10.6. The summed E-state index contributed by atoms with van der Waals surface area (Å²) in [5.41, 5.74) is 3.67. The van der Waals surface area contributed by atoms with E-state index in [2.05, 4.69) is 30.4 Å². The molecule has 5 heterocycles. The minimum atomic E-state index is -0.417. The number of carbonyl (C=O) groups excluding carboxylic acids is 2. The third kappa shape index (κ3) is 6.27. The van der Waals surface area contributed by atoms with Gasteiger partial charge in [-0.25, -0.2) is 14.6 Å². The van der Waals surface area contributed by atoms with Crippen LogP contribution in [0.15, 0.2) is 53.4 Å². The molecular formula is C31H33N7O5. The Hall–Kier alpha value is -5.00. The standard InChI is InChI=1S/C31H33N7O5/c1-19-9-10-20-15-21(27(41-2)16-23(20)34-19)25-18-33-29(35-25)22(7-4-3-5-8-26(39)31-32-11-14-43-31)36-30(40)24-17-28-38(37-24)12-6-13-42-28/h9-11,14-18,22H,3-8,12-13H2,1-2H3,(H,33,35)(H,36,40)/t22-/m0/s1. The van der Waals surface area contributed by atoms with Gasteiger partial charge in [0.15, 0.2) is 5.69 Å². The van der Waals surface area contributed by atoms with E-state index in [-0.39, 0.29) is 17.6 Å². The summed E-state index contributed by atoms with van der Waals surface area (Å²) in [6.45, 7) is 3.27. The molecule has 2 N–H and O–H groups in total. The van der Waals surface area contributed by atoms with Gasteiger partial charge in [-0.05, 0) is 31.9 Å². The van der Waals surface area contributed by atoms with E-state index in [1.807, 2.05) is 31.2 Å². The van der Waals surface area contributed by atoms with Gasteiger partial charge in [0.2, 0.25) is 11.7 Å². The Morgan fingerprint density at radius 2 is 2.07 bits per heavy atom. The first kappa shape index (κ1) is 28.1. The number of nitrogens with zero attached hydrogens (tertiary/aromatic N) is 5. The highest BCUT2D eigenvalue weighted by molar-refractivity contribution is 5.93. The number of aromatic nitrogens is 6. The highest BCUT2D eigenvalue weighted by atomic mass is 16.5. The van der Waals surface area contributed by atoms with Crippen LogP contribution in [0.25, 0.3) is 22.2 Å². The van der Waals surface area contributed by atoms with E-state index in [4.69, 9.17) is 13.9 Å². The topological polar surface area (TPSA) is 150 Å². The van der Waals surface area contributed by atoms with Crippen molar-refractivity contribution in [2.75, 3.05) is 13.7 Å². The number of Topliss-reactive ketones (excluding diaryl/α,β-unsaturated/α-hetero) is 1. The molecule has 0 saturated carbocycles. The lowest BCUT2D eigenvalue weighted by molar-refractivity contribution is 0.0925. The third-order valence-corrected chi connectivity index (χ3v) is 7.48. The number of H-pyrrole nitrogens is 1. The molecule has 1 atom stereocenters. The zero-order valence-corrected chi connectivity index (χ0v) is 24.1. The number of oxazole rings is 1. The number of carbonyl (C=O) groups is 2. The number of ether oxygens (including phenoxy) is 2. The van der Waals surface area contributed by atoms with Crippen LogP contribution in [0, 0.1) is 6.92 Å². The number of fused-ring (bicyclic) bond motifs is 2. The van der Waals surface area contributed by atoms with Crippen molar-refractivity contribution in [2.45, 2.75) is 58.0 Å². The molecule has 12 nitrogen and oxygen atoms in total. The summed E-state index contributed by atoms with van der Waals surface area (Å²) >= 11 is 0. The van der Waals surface area contributed by atoms with Crippen LogP contribution in [0.2, 0.25) is 0 Å². The van der Waals surface area contributed by atoms with Gasteiger partial charge in [0.25, 0.3) is 11.8 Å². The van der Waals surface area contributed by atoms with Gasteiger partial charge >= 0.3 is 0 Å². The molecule has 1 aromatic carbocycles. The molecule has 0 saturated heterocycles. The molecule has 0 spiro atoms. The number of benzene rings is 1. The van der Waals surface area contributed by atoms with E-state index in [0.29, 0.717) is 55.6 Å². The molecule has 0 bridgehead atoms. The average molecular weight is 584 g/mol. The summed E-state index contributed by atoms with van der Waals surface area (Å²) in [6.07, 6.45) is 8.62. The van der Waals surface area contributed by atoms with Crippen molar-refractivity contribution in [3.8, 4) is 22.9 Å². The van der Waals surface area contributed by atoms with Crippen LogP contribution in [0.1, 0.15) is 77.3 Å². The summed E-state index contributed by atoms with van der Waals surface area (Å²) in [5.74, 6) is 1.58. The lowest BCUT2D eigenvalue weighted by atomic mass is 10.0. The number of aryl methyl sites for hydroxylation is 2. The zero-order valence-electron chi connectivity index (χ0n) is 24.1.